The monoisotopic (exact) mass is 241 g/mol. The van der Waals surface area contributed by atoms with Crippen molar-refractivity contribution in [3.05, 3.63) is 34.1 Å². The molecule has 0 radical (unpaired) electrons. The maximum Gasteiger partial charge on any atom is 0.446 e. The zero-order valence-electron chi connectivity index (χ0n) is 6.92. The Labute approximate surface area is 85.2 Å². The number of rotatable bonds is 2. The van der Waals surface area contributed by atoms with Crippen molar-refractivity contribution in [2.75, 3.05) is 0 Å². The second kappa shape index (κ2) is 4.05. The first-order valence-corrected chi connectivity index (χ1v) is 4.31. The molecule has 0 saturated carbocycles. The number of hydrogen-bond acceptors (Lipinski definition) is 3. The smallest absolute Gasteiger partial charge is 0.258 e. The van der Waals surface area contributed by atoms with Crippen LogP contribution in [0.5, 0.6) is 0 Å². The molecule has 0 N–H and O–H groups in total. The van der Waals surface area contributed by atoms with Crippen molar-refractivity contribution in [3.8, 4) is 0 Å². The summed E-state index contributed by atoms with van der Waals surface area (Å²) < 4.78 is 48.4. The highest BCUT2D eigenvalue weighted by Crippen LogP contribution is 2.37. The van der Waals surface area contributed by atoms with Gasteiger partial charge in [-0.3, -0.25) is 10.1 Å². The van der Waals surface area contributed by atoms with Gasteiger partial charge in [-0.2, -0.15) is 17.6 Å². The Balaban J connectivity index is 2.97. The maximum absolute atomic E-state index is 12.9. The highest BCUT2D eigenvalue weighted by atomic mass is 32.2. The molecule has 8 heteroatoms. The van der Waals surface area contributed by atoms with Crippen LogP contribution in [0.25, 0.3) is 0 Å². The first-order valence-electron chi connectivity index (χ1n) is 3.49. The van der Waals surface area contributed by atoms with Crippen LogP contribution >= 0.6 is 11.8 Å². The molecular formula is C7H3F4NO2S. The minimum Gasteiger partial charge on any atom is -0.258 e. The molecule has 0 spiro atoms. The highest BCUT2D eigenvalue weighted by molar-refractivity contribution is 8.00. The Kier molecular flexibility index (Phi) is 3.18. The summed E-state index contributed by atoms with van der Waals surface area (Å²) in [5.41, 5.74) is -5.38. The second-order valence-corrected chi connectivity index (χ2v) is 3.56. The van der Waals surface area contributed by atoms with Crippen molar-refractivity contribution in [3.63, 3.8) is 0 Å². The van der Waals surface area contributed by atoms with Crippen molar-refractivity contribution in [2.45, 2.75) is 10.4 Å². The van der Waals surface area contributed by atoms with Crippen LogP contribution < -0.4 is 0 Å². The fraction of sp³-hybridized carbons (Fsp3) is 0.143. The third-order valence-electron chi connectivity index (χ3n) is 1.35. The zero-order chi connectivity index (χ0) is 11.6. The third kappa shape index (κ3) is 3.39. The van der Waals surface area contributed by atoms with E-state index in [1.807, 2.05) is 0 Å². The van der Waals surface area contributed by atoms with E-state index < -0.39 is 38.6 Å². The van der Waals surface area contributed by atoms with E-state index in [1.54, 1.807) is 0 Å². The van der Waals surface area contributed by atoms with E-state index in [0.29, 0.717) is 12.1 Å². The van der Waals surface area contributed by atoms with Gasteiger partial charge >= 0.3 is 11.2 Å². The Hall–Kier alpha value is -1.31. The maximum atomic E-state index is 12.9. The molecule has 0 unspecified atom stereocenters. The van der Waals surface area contributed by atoms with Crippen LogP contribution in [-0.4, -0.2) is 10.4 Å². The minimum atomic E-state index is -4.54. The molecule has 15 heavy (non-hydrogen) atoms. The van der Waals surface area contributed by atoms with Gasteiger partial charge in [-0.1, -0.05) is 0 Å². The number of thioether (sulfide) groups is 1. The van der Waals surface area contributed by atoms with Gasteiger partial charge in [0.2, 0.25) is 5.82 Å². The van der Waals surface area contributed by atoms with Gasteiger partial charge in [-0.05, 0) is 23.9 Å². The summed E-state index contributed by atoms with van der Waals surface area (Å²) in [4.78, 5) is 8.73. The normalized spacial score (nSPS) is 11.5. The van der Waals surface area contributed by atoms with Gasteiger partial charge in [0, 0.05) is 11.0 Å². The van der Waals surface area contributed by atoms with E-state index in [0.717, 1.165) is 6.07 Å². The number of nitrogens with zero attached hydrogens (tertiary/aromatic N) is 1. The molecule has 1 aromatic rings. The summed E-state index contributed by atoms with van der Waals surface area (Å²) in [6.07, 6.45) is 0. The molecular weight excluding hydrogens is 238 g/mol. The van der Waals surface area contributed by atoms with Crippen LogP contribution in [0, 0.1) is 15.9 Å². The van der Waals surface area contributed by atoms with E-state index in [-0.39, 0.29) is 0 Å². The number of nitro benzene ring substituents is 1. The largest absolute Gasteiger partial charge is 0.446 e. The first-order chi connectivity index (χ1) is 6.79. The average molecular weight is 241 g/mol. The molecule has 0 aliphatic heterocycles. The lowest BCUT2D eigenvalue weighted by Crippen LogP contribution is -2.00. The Bertz CT molecular complexity index is 393. The Morgan fingerprint density at radius 1 is 1.33 bits per heavy atom. The van der Waals surface area contributed by atoms with Crippen LogP contribution in [0.1, 0.15) is 0 Å². The van der Waals surface area contributed by atoms with E-state index in [1.165, 1.54) is 0 Å². The van der Waals surface area contributed by atoms with Gasteiger partial charge in [0.25, 0.3) is 0 Å². The predicted molar refractivity (Wildman–Crippen MR) is 45.0 cm³/mol. The quantitative estimate of drug-likeness (QED) is 0.345. The molecule has 0 aromatic heterocycles. The molecule has 0 bridgehead atoms. The lowest BCUT2D eigenvalue weighted by atomic mass is 10.3. The summed E-state index contributed by atoms with van der Waals surface area (Å²) >= 11 is -0.527. The van der Waals surface area contributed by atoms with Crippen LogP contribution in [0.2, 0.25) is 0 Å². The Morgan fingerprint density at radius 2 is 1.93 bits per heavy atom. The second-order valence-electron chi connectivity index (χ2n) is 2.42. The number of hydrogen-bond donors (Lipinski definition) is 0. The molecule has 0 aliphatic rings. The lowest BCUT2D eigenvalue weighted by Gasteiger charge is -2.04. The number of benzene rings is 1. The minimum absolute atomic E-state index is 0.425. The van der Waals surface area contributed by atoms with Crippen molar-refractivity contribution in [1.29, 1.82) is 0 Å². The number of halogens is 4. The zero-order valence-corrected chi connectivity index (χ0v) is 7.73. The van der Waals surface area contributed by atoms with E-state index >= 15 is 0 Å². The molecule has 0 atom stereocenters. The third-order valence-corrected chi connectivity index (χ3v) is 2.07. The van der Waals surface area contributed by atoms with Gasteiger partial charge in [-0.15, -0.1) is 0 Å². The predicted octanol–water partition coefficient (Wildman–Crippen LogP) is 3.35. The summed E-state index contributed by atoms with van der Waals surface area (Å²) in [5.74, 6) is -1.28. The van der Waals surface area contributed by atoms with Crippen molar-refractivity contribution < 1.29 is 22.5 Å². The molecule has 1 rings (SSSR count). The summed E-state index contributed by atoms with van der Waals surface area (Å²) in [6, 6.07) is 2.03. The van der Waals surface area contributed by atoms with Crippen LogP contribution in [0.15, 0.2) is 23.1 Å². The fourth-order valence-electron chi connectivity index (χ4n) is 0.833. The molecule has 0 heterocycles. The topological polar surface area (TPSA) is 43.1 Å². The molecule has 1 aromatic carbocycles. The van der Waals surface area contributed by atoms with E-state index in [4.69, 9.17) is 0 Å². The molecule has 3 nitrogen and oxygen atoms in total. The van der Waals surface area contributed by atoms with E-state index in [9.17, 15) is 27.7 Å². The first kappa shape index (κ1) is 11.8. The van der Waals surface area contributed by atoms with Crippen LogP contribution in [0.4, 0.5) is 23.2 Å². The van der Waals surface area contributed by atoms with Gasteiger partial charge < -0.3 is 0 Å². The summed E-state index contributed by atoms with van der Waals surface area (Å²) in [7, 11) is 0. The Morgan fingerprint density at radius 3 is 2.33 bits per heavy atom. The van der Waals surface area contributed by atoms with Crippen LogP contribution in [-0.2, 0) is 0 Å². The SMILES string of the molecule is O=[N+]([O-])c1ccc(SC(F)(F)F)cc1F. The average Bonchev–Trinajstić information content (AvgIpc) is 1.99. The highest BCUT2D eigenvalue weighted by Gasteiger charge is 2.30. The molecule has 0 saturated heterocycles. The fourth-order valence-corrected chi connectivity index (χ4v) is 1.40. The molecule has 82 valence electrons. The van der Waals surface area contributed by atoms with Gasteiger partial charge in [0.1, 0.15) is 0 Å². The van der Waals surface area contributed by atoms with Gasteiger partial charge in [-0.25, -0.2) is 0 Å². The van der Waals surface area contributed by atoms with Crippen molar-refractivity contribution in [1.82, 2.24) is 0 Å². The summed E-state index contributed by atoms with van der Waals surface area (Å²) in [5, 5.41) is 10.2. The molecule has 0 aliphatic carbocycles. The van der Waals surface area contributed by atoms with Crippen LogP contribution in [0.3, 0.4) is 0 Å². The summed E-state index contributed by atoms with van der Waals surface area (Å²) in [6.45, 7) is 0. The van der Waals surface area contributed by atoms with E-state index in [2.05, 4.69) is 0 Å². The van der Waals surface area contributed by atoms with Gasteiger partial charge in [0.15, 0.2) is 0 Å². The molecule has 0 fully saturated rings. The van der Waals surface area contributed by atoms with Gasteiger partial charge in [0.05, 0.1) is 4.92 Å². The van der Waals surface area contributed by atoms with Crippen molar-refractivity contribution >= 4 is 17.4 Å². The number of nitro groups is 1. The number of alkyl halides is 3. The standard InChI is InChI=1S/C7H3F4NO2S/c8-5-3-4(15-7(9,10)11)1-2-6(5)12(13)14/h1-3H. The lowest BCUT2D eigenvalue weighted by molar-refractivity contribution is -0.387. The molecule has 0 amide bonds. The van der Waals surface area contributed by atoms with Crippen molar-refractivity contribution in [2.24, 2.45) is 0 Å².